The second-order valence-electron chi connectivity index (χ2n) is 14.4. The second-order valence-corrected chi connectivity index (χ2v) is 15.6. The zero-order valence-corrected chi connectivity index (χ0v) is 31.2. The van der Waals surface area contributed by atoms with E-state index in [-0.39, 0.29) is 0 Å². The number of rotatable bonds is 8. The number of hydrogen-bond acceptors (Lipinski definition) is 3. The van der Waals surface area contributed by atoms with E-state index in [9.17, 15) is 0 Å². The Hall–Kier alpha value is -6.29. The largest absolute Gasteiger partial charge is 0.456 e. The van der Waals surface area contributed by atoms with Crippen molar-refractivity contribution in [2.45, 2.75) is 24.0 Å². The average molecular weight is 726 g/mol. The number of hydrogen-bond donors (Lipinski definition) is 0. The molecular weight excluding hydrogens is 687 g/mol. The summed E-state index contributed by atoms with van der Waals surface area (Å²) in [6.45, 7) is 0. The lowest BCUT2D eigenvalue weighted by molar-refractivity contribution is 0.591. The topological polar surface area (TPSA) is 16.4 Å². The summed E-state index contributed by atoms with van der Waals surface area (Å²) in [5.74, 6) is 1.28. The molecule has 0 amide bonds. The third-order valence-electron chi connectivity index (χ3n) is 11.0. The monoisotopic (exact) mass is 725 g/mol. The SMILES string of the molecule is C1=C[C@@H](c2ccc(N(c3ccc(-c4ccc(-c5ccccc5)cc4)cc3)c3ccc(C4CC=C(c5ccccc5)S4)cc3)cc2)Cc2c1oc1ccccc21. The maximum Gasteiger partial charge on any atom is 0.135 e. The number of fused-ring (bicyclic) bond motifs is 3. The minimum absolute atomic E-state index is 0.293. The molecule has 0 spiro atoms. The van der Waals surface area contributed by atoms with E-state index in [2.05, 4.69) is 199 Å². The van der Waals surface area contributed by atoms with E-state index in [4.69, 9.17) is 4.42 Å². The van der Waals surface area contributed by atoms with Crippen molar-refractivity contribution in [2.24, 2.45) is 0 Å². The van der Waals surface area contributed by atoms with Crippen molar-refractivity contribution in [1.29, 1.82) is 0 Å². The predicted molar refractivity (Wildman–Crippen MR) is 233 cm³/mol. The van der Waals surface area contributed by atoms with Crippen LogP contribution in [0.5, 0.6) is 0 Å². The third-order valence-corrected chi connectivity index (χ3v) is 12.4. The van der Waals surface area contributed by atoms with Gasteiger partial charge in [-0.1, -0.05) is 152 Å². The maximum absolute atomic E-state index is 6.15. The number of thioether (sulfide) groups is 1. The molecule has 1 aromatic heterocycles. The lowest BCUT2D eigenvalue weighted by atomic mass is 9.87. The van der Waals surface area contributed by atoms with Crippen LogP contribution in [0.1, 0.15) is 45.6 Å². The predicted octanol–water partition coefficient (Wildman–Crippen LogP) is 14.8. The molecule has 2 aliphatic rings. The van der Waals surface area contributed by atoms with Gasteiger partial charge < -0.3 is 9.32 Å². The van der Waals surface area contributed by atoms with Gasteiger partial charge in [0.15, 0.2) is 0 Å². The van der Waals surface area contributed by atoms with E-state index in [1.54, 1.807) is 0 Å². The first kappa shape index (κ1) is 33.3. The summed E-state index contributed by atoms with van der Waals surface area (Å²) in [6, 6.07) is 65.9. The van der Waals surface area contributed by atoms with Crippen LogP contribution in [0.2, 0.25) is 0 Å². The highest BCUT2D eigenvalue weighted by Crippen LogP contribution is 2.49. The summed E-state index contributed by atoms with van der Waals surface area (Å²) in [5.41, 5.74) is 14.5. The van der Waals surface area contributed by atoms with Gasteiger partial charge in [-0.25, -0.2) is 0 Å². The second kappa shape index (κ2) is 14.5. The van der Waals surface area contributed by atoms with Crippen molar-refractivity contribution in [3.8, 4) is 22.3 Å². The van der Waals surface area contributed by atoms with Crippen LogP contribution >= 0.6 is 11.8 Å². The Bertz CT molecular complexity index is 2640. The first-order valence-corrected chi connectivity index (χ1v) is 20.0. The molecule has 8 aromatic rings. The molecule has 1 unspecified atom stereocenters. The van der Waals surface area contributed by atoms with Crippen LogP contribution < -0.4 is 4.90 Å². The van der Waals surface area contributed by atoms with Gasteiger partial charge in [-0.2, -0.15) is 0 Å². The van der Waals surface area contributed by atoms with Crippen molar-refractivity contribution in [3.05, 3.63) is 222 Å². The quantitative estimate of drug-likeness (QED) is 0.155. The van der Waals surface area contributed by atoms with Gasteiger partial charge in [-0.15, -0.1) is 11.8 Å². The van der Waals surface area contributed by atoms with Crippen LogP contribution in [0, 0.1) is 0 Å². The molecule has 264 valence electrons. The lowest BCUT2D eigenvalue weighted by Gasteiger charge is -2.27. The molecule has 3 heteroatoms. The molecule has 2 atom stereocenters. The summed E-state index contributed by atoms with van der Waals surface area (Å²) in [5, 5.41) is 1.64. The molecule has 2 nitrogen and oxygen atoms in total. The molecule has 1 aliphatic carbocycles. The molecule has 2 heterocycles. The summed E-state index contributed by atoms with van der Waals surface area (Å²) in [6.07, 6.45) is 8.81. The van der Waals surface area contributed by atoms with Crippen molar-refractivity contribution in [2.75, 3.05) is 4.90 Å². The average Bonchev–Trinajstić information content (AvgIpc) is 3.91. The van der Waals surface area contributed by atoms with Crippen LogP contribution in [0.25, 0.3) is 44.2 Å². The molecule has 0 saturated carbocycles. The zero-order valence-electron chi connectivity index (χ0n) is 30.4. The number of para-hydroxylation sites is 1. The summed E-state index contributed by atoms with van der Waals surface area (Å²) in [7, 11) is 0. The smallest absolute Gasteiger partial charge is 0.135 e. The van der Waals surface area contributed by atoms with Crippen molar-refractivity contribution < 1.29 is 4.42 Å². The zero-order chi connectivity index (χ0) is 36.6. The molecule has 0 N–H and O–H groups in total. The van der Waals surface area contributed by atoms with E-state index >= 15 is 0 Å². The summed E-state index contributed by atoms with van der Waals surface area (Å²) < 4.78 is 6.15. The van der Waals surface area contributed by atoms with Gasteiger partial charge >= 0.3 is 0 Å². The third kappa shape index (κ3) is 6.62. The molecule has 10 rings (SSSR count). The minimum Gasteiger partial charge on any atom is -0.456 e. The Morgan fingerprint density at radius 2 is 1.00 bits per heavy atom. The van der Waals surface area contributed by atoms with Crippen molar-refractivity contribution in [3.63, 3.8) is 0 Å². The first-order valence-electron chi connectivity index (χ1n) is 19.1. The van der Waals surface area contributed by atoms with E-state index in [0.717, 1.165) is 41.2 Å². The molecule has 0 bridgehead atoms. The van der Waals surface area contributed by atoms with Gasteiger partial charge in [-0.05, 0) is 100 Å². The highest BCUT2D eigenvalue weighted by atomic mass is 32.2. The van der Waals surface area contributed by atoms with E-state index < -0.39 is 0 Å². The van der Waals surface area contributed by atoms with Gasteiger partial charge in [0, 0.05) is 44.1 Å². The number of nitrogens with zero attached hydrogens (tertiary/aromatic N) is 1. The highest BCUT2D eigenvalue weighted by Gasteiger charge is 2.23. The molecule has 0 fully saturated rings. The normalized spacial score (nSPS) is 16.2. The van der Waals surface area contributed by atoms with Crippen LogP contribution in [0.15, 0.2) is 199 Å². The van der Waals surface area contributed by atoms with Gasteiger partial charge in [0.1, 0.15) is 11.3 Å². The fourth-order valence-corrected chi connectivity index (χ4v) is 9.34. The van der Waals surface area contributed by atoms with E-state index in [1.165, 1.54) is 54.8 Å². The number of furan rings is 1. The lowest BCUT2D eigenvalue weighted by Crippen LogP contribution is -2.11. The molecular formula is C52H39NOS. The van der Waals surface area contributed by atoms with Gasteiger partial charge in [0.25, 0.3) is 0 Å². The number of anilines is 3. The highest BCUT2D eigenvalue weighted by molar-refractivity contribution is 8.08. The Balaban J connectivity index is 0.939. The molecule has 1 aliphatic heterocycles. The van der Waals surface area contributed by atoms with Crippen molar-refractivity contribution in [1.82, 2.24) is 0 Å². The van der Waals surface area contributed by atoms with Crippen LogP contribution in [-0.4, -0.2) is 0 Å². The Morgan fingerprint density at radius 3 is 1.64 bits per heavy atom. The first-order chi connectivity index (χ1) is 27.2. The Morgan fingerprint density at radius 1 is 0.491 bits per heavy atom. The van der Waals surface area contributed by atoms with Crippen LogP contribution in [0.3, 0.4) is 0 Å². The van der Waals surface area contributed by atoms with Crippen LogP contribution in [-0.2, 0) is 6.42 Å². The molecule has 0 radical (unpaired) electrons. The minimum atomic E-state index is 0.293. The van der Waals surface area contributed by atoms with Crippen molar-refractivity contribution >= 4 is 50.8 Å². The number of allylic oxidation sites excluding steroid dienone is 2. The Labute approximate surface area is 327 Å². The molecule has 7 aromatic carbocycles. The Kier molecular flexibility index (Phi) is 8.78. The summed E-state index contributed by atoms with van der Waals surface area (Å²) in [4.78, 5) is 3.75. The van der Waals surface area contributed by atoms with Gasteiger partial charge in [0.05, 0.1) is 0 Å². The fraction of sp³-hybridized carbons (Fsp3) is 0.0769. The van der Waals surface area contributed by atoms with Gasteiger partial charge in [0.2, 0.25) is 0 Å². The van der Waals surface area contributed by atoms with E-state index in [0.29, 0.717) is 11.2 Å². The molecule has 55 heavy (non-hydrogen) atoms. The van der Waals surface area contributed by atoms with Gasteiger partial charge in [-0.3, -0.25) is 0 Å². The van der Waals surface area contributed by atoms with E-state index in [1.807, 2.05) is 17.8 Å². The summed E-state index contributed by atoms with van der Waals surface area (Å²) >= 11 is 1.97. The number of benzene rings is 7. The maximum atomic E-state index is 6.15. The fourth-order valence-electron chi connectivity index (χ4n) is 8.08. The molecule has 0 saturated heterocycles. The van der Waals surface area contributed by atoms with Crippen LogP contribution in [0.4, 0.5) is 17.1 Å². The standard InChI is InChI=1S/C52H39NOS/c1-3-9-36(10-4-1)37-15-17-38(18-16-37)39-19-26-44(27-20-39)53(46-30-23-42(24-31-46)52-34-33-51(55-52)41-11-5-2-6-12-41)45-28-21-40(22-29-45)43-25-32-50-48(35-43)47-13-7-8-14-49(47)54-50/h1-33,43,52H,34-35H2/t43-,52?/m1/s1.